The SMILES string of the molecule is CC1(C)c2ccccc2-c2ccc(N(c3cccc(-c4cccc5ccccc45)c3-c3cccc4sc5cc6ccccc6cc5c34)c3cccc4ccccc34)cc21. The zero-order chi connectivity index (χ0) is 39.2. The van der Waals surface area contributed by atoms with E-state index in [9.17, 15) is 0 Å². The molecule has 1 heterocycles. The van der Waals surface area contributed by atoms with Gasteiger partial charge in [0, 0.05) is 42.2 Å². The molecule has 10 aromatic carbocycles. The van der Waals surface area contributed by atoms with Crippen LogP contribution in [0.4, 0.5) is 17.1 Å². The van der Waals surface area contributed by atoms with Crippen LogP contribution in [0.15, 0.2) is 200 Å². The number of hydrogen-bond donors (Lipinski definition) is 0. The zero-order valence-electron chi connectivity index (χ0n) is 32.9. The molecule has 0 radical (unpaired) electrons. The van der Waals surface area contributed by atoms with Gasteiger partial charge in [-0.2, -0.15) is 0 Å². The lowest BCUT2D eigenvalue weighted by Crippen LogP contribution is -2.17. The average molecular weight is 770 g/mol. The van der Waals surface area contributed by atoms with Crippen molar-refractivity contribution in [2.24, 2.45) is 0 Å². The highest BCUT2D eigenvalue weighted by Gasteiger charge is 2.36. The summed E-state index contributed by atoms with van der Waals surface area (Å²) in [6.45, 7) is 4.75. The van der Waals surface area contributed by atoms with Crippen molar-refractivity contribution in [3.8, 4) is 33.4 Å². The van der Waals surface area contributed by atoms with E-state index in [1.807, 2.05) is 11.3 Å². The van der Waals surface area contributed by atoms with Gasteiger partial charge in [0.05, 0.1) is 11.4 Å². The zero-order valence-corrected chi connectivity index (χ0v) is 33.7. The molecule has 11 aromatic rings. The Balaban J connectivity index is 1.22. The van der Waals surface area contributed by atoms with Crippen LogP contribution in [0, 0.1) is 0 Å². The highest BCUT2D eigenvalue weighted by atomic mass is 32.1. The number of hydrogen-bond acceptors (Lipinski definition) is 2. The first-order chi connectivity index (χ1) is 29.0. The molecule has 59 heavy (non-hydrogen) atoms. The molecule has 12 rings (SSSR count). The Morgan fingerprint density at radius 1 is 0.373 bits per heavy atom. The molecular weight excluding hydrogens is 731 g/mol. The second-order valence-corrected chi connectivity index (χ2v) is 17.5. The molecule has 0 aliphatic heterocycles. The minimum Gasteiger partial charge on any atom is -0.309 e. The molecule has 0 unspecified atom stereocenters. The van der Waals surface area contributed by atoms with Crippen LogP contribution in [0.2, 0.25) is 0 Å². The van der Waals surface area contributed by atoms with Crippen molar-refractivity contribution in [1.29, 1.82) is 0 Å². The summed E-state index contributed by atoms with van der Waals surface area (Å²) < 4.78 is 2.60. The molecule has 0 spiro atoms. The molecule has 1 aliphatic rings. The van der Waals surface area contributed by atoms with Crippen LogP contribution in [-0.4, -0.2) is 0 Å². The molecule has 0 saturated carbocycles. The van der Waals surface area contributed by atoms with Gasteiger partial charge in [-0.05, 0) is 108 Å². The monoisotopic (exact) mass is 769 g/mol. The van der Waals surface area contributed by atoms with E-state index in [1.165, 1.54) is 97.0 Å². The summed E-state index contributed by atoms with van der Waals surface area (Å²) in [5.74, 6) is 0. The van der Waals surface area contributed by atoms with Gasteiger partial charge in [0.25, 0.3) is 0 Å². The van der Waals surface area contributed by atoms with Crippen molar-refractivity contribution < 1.29 is 0 Å². The van der Waals surface area contributed by atoms with E-state index in [0.717, 1.165) is 17.1 Å². The second-order valence-electron chi connectivity index (χ2n) is 16.4. The van der Waals surface area contributed by atoms with Crippen molar-refractivity contribution >= 4 is 80.9 Å². The highest BCUT2D eigenvalue weighted by molar-refractivity contribution is 7.26. The Kier molecular flexibility index (Phi) is 7.51. The summed E-state index contributed by atoms with van der Waals surface area (Å²) in [4.78, 5) is 2.55. The molecule has 2 heteroatoms. The first-order valence-corrected chi connectivity index (χ1v) is 21.3. The van der Waals surface area contributed by atoms with Crippen molar-refractivity contribution in [2.75, 3.05) is 4.90 Å². The van der Waals surface area contributed by atoms with Gasteiger partial charge in [-0.25, -0.2) is 0 Å². The molecule has 0 saturated heterocycles. The Bertz CT molecular complexity index is 3480. The Morgan fingerprint density at radius 2 is 0.949 bits per heavy atom. The van der Waals surface area contributed by atoms with Crippen molar-refractivity contribution in [3.05, 3.63) is 211 Å². The quantitative estimate of drug-likeness (QED) is 0.169. The predicted molar refractivity (Wildman–Crippen MR) is 255 cm³/mol. The number of thiophene rings is 1. The Morgan fingerprint density at radius 3 is 1.80 bits per heavy atom. The summed E-state index contributed by atoms with van der Waals surface area (Å²) in [5, 5.41) is 10.0. The van der Waals surface area contributed by atoms with Gasteiger partial charge in [-0.15, -0.1) is 11.3 Å². The molecule has 0 atom stereocenters. The van der Waals surface area contributed by atoms with Crippen LogP contribution in [0.3, 0.4) is 0 Å². The molecule has 1 aromatic heterocycles. The number of nitrogens with zero attached hydrogens (tertiary/aromatic N) is 1. The van der Waals surface area contributed by atoms with Gasteiger partial charge < -0.3 is 4.90 Å². The van der Waals surface area contributed by atoms with E-state index in [4.69, 9.17) is 0 Å². The van der Waals surface area contributed by atoms with Crippen LogP contribution in [0.5, 0.6) is 0 Å². The molecule has 0 fully saturated rings. The van der Waals surface area contributed by atoms with Gasteiger partial charge >= 0.3 is 0 Å². The van der Waals surface area contributed by atoms with E-state index in [2.05, 4.69) is 219 Å². The fourth-order valence-corrected chi connectivity index (χ4v) is 11.2. The standard InChI is InChI=1S/C57H39NS/c1-57(2)49-27-10-9-23-44(49)45-32-31-40(35-50(45)57)58(51-28-12-20-37-16-6-8-22-42(37)51)52-29-13-25-46(43-24-11-19-36-15-5-7-21-41(36)43)55(52)47-26-14-30-53-56(47)48-33-38-17-3-4-18-39(38)34-54(48)59-53/h3-35H,1-2H3. The third kappa shape index (κ3) is 5.16. The van der Waals surface area contributed by atoms with Gasteiger partial charge in [-0.3, -0.25) is 0 Å². The number of anilines is 3. The first-order valence-electron chi connectivity index (χ1n) is 20.5. The lowest BCUT2D eigenvalue weighted by molar-refractivity contribution is 0.660. The third-order valence-corrected chi connectivity index (χ3v) is 13.9. The largest absolute Gasteiger partial charge is 0.309 e. The van der Waals surface area contributed by atoms with E-state index in [-0.39, 0.29) is 5.41 Å². The number of fused-ring (bicyclic) bond motifs is 9. The Labute approximate surface area is 348 Å². The molecule has 0 N–H and O–H groups in total. The van der Waals surface area contributed by atoms with E-state index < -0.39 is 0 Å². The van der Waals surface area contributed by atoms with Crippen molar-refractivity contribution in [2.45, 2.75) is 19.3 Å². The molecule has 0 amide bonds. The lowest BCUT2D eigenvalue weighted by atomic mass is 9.82. The minimum atomic E-state index is -0.149. The first kappa shape index (κ1) is 34.1. The fraction of sp³-hybridized carbons (Fsp3) is 0.0526. The summed E-state index contributed by atoms with van der Waals surface area (Å²) in [7, 11) is 0. The van der Waals surface area contributed by atoms with Crippen LogP contribution >= 0.6 is 11.3 Å². The van der Waals surface area contributed by atoms with Crippen molar-refractivity contribution in [1.82, 2.24) is 0 Å². The normalized spacial score (nSPS) is 13.1. The third-order valence-electron chi connectivity index (χ3n) is 12.8. The molecule has 0 bridgehead atoms. The predicted octanol–water partition coefficient (Wildman–Crippen LogP) is 16.6. The lowest BCUT2D eigenvalue weighted by Gasteiger charge is -2.32. The van der Waals surface area contributed by atoms with Gasteiger partial charge in [0.2, 0.25) is 0 Å². The summed E-state index contributed by atoms with van der Waals surface area (Å²) >= 11 is 1.89. The fourth-order valence-electron chi connectivity index (χ4n) is 10.1. The molecule has 278 valence electrons. The topological polar surface area (TPSA) is 3.24 Å². The summed E-state index contributed by atoms with van der Waals surface area (Å²) in [5.41, 5.74) is 13.6. The summed E-state index contributed by atoms with van der Waals surface area (Å²) in [6.07, 6.45) is 0. The van der Waals surface area contributed by atoms with Crippen LogP contribution in [0.25, 0.3) is 85.9 Å². The van der Waals surface area contributed by atoms with Gasteiger partial charge in [-0.1, -0.05) is 172 Å². The van der Waals surface area contributed by atoms with Gasteiger partial charge in [0.1, 0.15) is 0 Å². The molecule has 1 nitrogen and oxygen atoms in total. The highest BCUT2D eigenvalue weighted by Crippen LogP contribution is 2.54. The van der Waals surface area contributed by atoms with Crippen LogP contribution in [0.1, 0.15) is 25.0 Å². The van der Waals surface area contributed by atoms with E-state index in [1.54, 1.807) is 0 Å². The Hall–Kier alpha value is -7.00. The average Bonchev–Trinajstić information content (AvgIpc) is 3.76. The van der Waals surface area contributed by atoms with Crippen molar-refractivity contribution in [3.63, 3.8) is 0 Å². The second kappa shape index (κ2) is 13.0. The molecular formula is C57H39NS. The number of benzene rings is 10. The number of rotatable bonds is 5. The van der Waals surface area contributed by atoms with E-state index in [0.29, 0.717) is 0 Å². The van der Waals surface area contributed by atoms with Gasteiger partial charge in [0.15, 0.2) is 0 Å². The maximum atomic E-state index is 2.55. The smallest absolute Gasteiger partial charge is 0.0546 e. The maximum Gasteiger partial charge on any atom is 0.0546 e. The minimum absolute atomic E-state index is 0.149. The van der Waals surface area contributed by atoms with E-state index >= 15 is 0 Å². The van der Waals surface area contributed by atoms with Crippen LogP contribution in [-0.2, 0) is 5.41 Å². The molecule has 1 aliphatic carbocycles. The maximum absolute atomic E-state index is 2.55. The van der Waals surface area contributed by atoms with Crippen LogP contribution < -0.4 is 4.90 Å². The summed E-state index contributed by atoms with van der Waals surface area (Å²) in [6, 6.07) is 74.7.